The summed E-state index contributed by atoms with van der Waals surface area (Å²) in [4.78, 5) is 38.2. The number of benzene rings is 2. The monoisotopic (exact) mass is 413 g/mol. The van der Waals surface area contributed by atoms with E-state index in [2.05, 4.69) is 0 Å². The molecule has 2 aromatic rings. The molecule has 29 heavy (non-hydrogen) atoms. The summed E-state index contributed by atoms with van der Waals surface area (Å²) < 4.78 is 10.9. The molecule has 2 amide bonds. The highest BCUT2D eigenvalue weighted by molar-refractivity contribution is 8.18. The molecule has 7 heteroatoms. The molecule has 1 heterocycles. The smallest absolute Gasteiger partial charge is 0.326 e. The van der Waals surface area contributed by atoms with Crippen LogP contribution in [-0.2, 0) is 14.3 Å². The maximum Gasteiger partial charge on any atom is 0.326 e. The summed E-state index contributed by atoms with van der Waals surface area (Å²) in [6.45, 7) is 5.59. The fourth-order valence-corrected chi connectivity index (χ4v) is 3.78. The van der Waals surface area contributed by atoms with Crippen molar-refractivity contribution in [2.75, 3.05) is 13.2 Å². The van der Waals surface area contributed by atoms with Crippen LogP contribution in [0.1, 0.15) is 32.8 Å². The van der Waals surface area contributed by atoms with Crippen molar-refractivity contribution in [2.24, 2.45) is 0 Å². The van der Waals surface area contributed by atoms with Gasteiger partial charge in [-0.05, 0) is 54.9 Å². The summed E-state index contributed by atoms with van der Waals surface area (Å²) in [5.74, 6) is -0.465. The van der Waals surface area contributed by atoms with Crippen LogP contribution in [0.4, 0.5) is 4.79 Å². The second kappa shape index (κ2) is 9.13. The predicted octanol–water partition coefficient (Wildman–Crippen LogP) is 4.62. The maximum absolute atomic E-state index is 12.8. The molecule has 0 atom stereocenters. The van der Waals surface area contributed by atoms with Gasteiger partial charge in [0.05, 0.1) is 17.6 Å². The highest BCUT2D eigenvalue weighted by Crippen LogP contribution is 2.36. The standard InChI is InChI=1S/C22H23NO5S/c1-4-11-27-18-10-9-15-7-5-6-8-16(15)17(18)12-19-21(25)23(22(26)29-19)13-20(24)28-14(2)3/h5-10,12,14H,4,11,13H2,1-3H3/b19-12-. The van der Waals surface area contributed by atoms with Crippen molar-refractivity contribution in [1.82, 2.24) is 4.90 Å². The van der Waals surface area contributed by atoms with Crippen LogP contribution in [0.25, 0.3) is 16.8 Å². The number of hydrogen-bond acceptors (Lipinski definition) is 6. The van der Waals surface area contributed by atoms with E-state index in [1.54, 1.807) is 19.9 Å². The van der Waals surface area contributed by atoms with Gasteiger partial charge in [0.2, 0.25) is 0 Å². The summed E-state index contributed by atoms with van der Waals surface area (Å²) in [6, 6.07) is 11.6. The molecule has 0 unspecified atom stereocenters. The number of fused-ring (bicyclic) bond motifs is 1. The van der Waals surface area contributed by atoms with Crippen molar-refractivity contribution in [3.8, 4) is 5.75 Å². The van der Waals surface area contributed by atoms with Crippen molar-refractivity contribution in [3.05, 3.63) is 46.9 Å². The van der Waals surface area contributed by atoms with E-state index in [1.165, 1.54) is 0 Å². The van der Waals surface area contributed by atoms with Crippen LogP contribution >= 0.6 is 11.8 Å². The zero-order valence-corrected chi connectivity index (χ0v) is 17.5. The number of hydrogen-bond donors (Lipinski definition) is 0. The molecule has 3 rings (SSSR count). The first-order valence-corrected chi connectivity index (χ1v) is 10.3. The van der Waals surface area contributed by atoms with Gasteiger partial charge >= 0.3 is 5.97 Å². The Balaban J connectivity index is 1.95. The number of amides is 2. The number of thioether (sulfide) groups is 1. The Morgan fingerprint density at radius 3 is 2.66 bits per heavy atom. The van der Waals surface area contributed by atoms with Crippen LogP contribution in [-0.4, -0.2) is 41.3 Å². The fourth-order valence-electron chi connectivity index (χ4n) is 2.96. The molecule has 0 aliphatic carbocycles. The molecule has 0 spiro atoms. The van der Waals surface area contributed by atoms with Gasteiger partial charge in [0.25, 0.3) is 11.1 Å². The lowest BCUT2D eigenvalue weighted by Crippen LogP contribution is -2.35. The number of rotatable bonds is 7. The zero-order valence-electron chi connectivity index (χ0n) is 16.6. The fraction of sp³-hybridized carbons (Fsp3) is 0.318. The van der Waals surface area contributed by atoms with Crippen molar-refractivity contribution in [2.45, 2.75) is 33.3 Å². The van der Waals surface area contributed by atoms with E-state index in [0.717, 1.165) is 39.4 Å². The van der Waals surface area contributed by atoms with E-state index in [-0.39, 0.29) is 11.0 Å². The van der Waals surface area contributed by atoms with Gasteiger partial charge < -0.3 is 9.47 Å². The highest BCUT2D eigenvalue weighted by Gasteiger charge is 2.37. The summed E-state index contributed by atoms with van der Waals surface area (Å²) in [6.07, 6.45) is 2.21. The van der Waals surface area contributed by atoms with Gasteiger partial charge in [0.1, 0.15) is 12.3 Å². The van der Waals surface area contributed by atoms with Crippen LogP contribution in [0.2, 0.25) is 0 Å². The molecule has 0 radical (unpaired) electrons. The molecular weight excluding hydrogens is 390 g/mol. The average molecular weight is 413 g/mol. The third-order valence-electron chi connectivity index (χ3n) is 4.20. The SMILES string of the molecule is CCCOc1ccc2ccccc2c1/C=C1\SC(=O)N(CC(=O)OC(C)C)C1=O. The van der Waals surface area contributed by atoms with E-state index in [4.69, 9.17) is 9.47 Å². The van der Waals surface area contributed by atoms with Crippen LogP contribution < -0.4 is 4.74 Å². The van der Waals surface area contributed by atoms with Crippen LogP contribution in [0.5, 0.6) is 5.75 Å². The van der Waals surface area contributed by atoms with Crippen molar-refractivity contribution in [3.63, 3.8) is 0 Å². The third kappa shape index (κ3) is 4.79. The molecule has 0 saturated carbocycles. The van der Waals surface area contributed by atoms with Crippen molar-refractivity contribution >= 4 is 45.7 Å². The van der Waals surface area contributed by atoms with Crippen molar-refractivity contribution in [1.29, 1.82) is 0 Å². The van der Waals surface area contributed by atoms with E-state index in [1.807, 2.05) is 43.3 Å². The molecule has 0 bridgehead atoms. The molecule has 0 aromatic heterocycles. The molecular formula is C22H23NO5S. The lowest BCUT2D eigenvalue weighted by Gasteiger charge is -2.14. The molecule has 6 nitrogen and oxygen atoms in total. The zero-order chi connectivity index (χ0) is 21.0. The topological polar surface area (TPSA) is 72.9 Å². The first kappa shape index (κ1) is 20.9. The van der Waals surface area contributed by atoms with Gasteiger partial charge in [0.15, 0.2) is 0 Å². The molecule has 1 saturated heterocycles. The van der Waals surface area contributed by atoms with Crippen LogP contribution in [0.3, 0.4) is 0 Å². The number of nitrogens with zero attached hydrogens (tertiary/aromatic N) is 1. The number of esters is 1. The van der Waals surface area contributed by atoms with Gasteiger partial charge in [-0.3, -0.25) is 19.3 Å². The first-order valence-electron chi connectivity index (χ1n) is 9.50. The summed E-state index contributed by atoms with van der Waals surface area (Å²) in [7, 11) is 0. The Bertz CT molecular complexity index is 982. The first-order chi connectivity index (χ1) is 13.9. The Morgan fingerprint density at radius 1 is 1.17 bits per heavy atom. The largest absolute Gasteiger partial charge is 0.493 e. The molecule has 1 fully saturated rings. The number of ether oxygens (including phenoxy) is 2. The van der Waals surface area contributed by atoms with Gasteiger partial charge in [-0.1, -0.05) is 37.3 Å². The minimum absolute atomic E-state index is 0.255. The molecule has 0 N–H and O–H groups in total. The predicted molar refractivity (Wildman–Crippen MR) is 114 cm³/mol. The van der Waals surface area contributed by atoms with E-state index in [9.17, 15) is 14.4 Å². The maximum atomic E-state index is 12.8. The minimum atomic E-state index is -0.610. The molecule has 1 aliphatic rings. The number of carbonyl (C=O) groups excluding carboxylic acids is 3. The van der Waals surface area contributed by atoms with Gasteiger partial charge in [-0.15, -0.1) is 0 Å². The molecule has 152 valence electrons. The van der Waals surface area contributed by atoms with E-state index in [0.29, 0.717) is 12.4 Å². The van der Waals surface area contributed by atoms with Gasteiger partial charge in [0, 0.05) is 5.56 Å². The molecule has 2 aromatic carbocycles. The van der Waals surface area contributed by atoms with Crippen molar-refractivity contribution < 1.29 is 23.9 Å². The van der Waals surface area contributed by atoms with Crippen LogP contribution in [0, 0.1) is 0 Å². The quantitative estimate of drug-likeness (QED) is 0.487. The molecule has 1 aliphatic heterocycles. The summed E-state index contributed by atoms with van der Waals surface area (Å²) >= 11 is 0.814. The minimum Gasteiger partial charge on any atom is -0.493 e. The Labute approximate surface area is 173 Å². The van der Waals surface area contributed by atoms with E-state index < -0.39 is 23.7 Å². The lowest BCUT2D eigenvalue weighted by molar-refractivity contribution is -0.149. The normalized spacial score (nSPS) is 15.6. The summed E-state index contributed by atoms with van der Waals surface area (Å²) in [5, 5.41) is 1.44. The Kier molecular flexibility index (Phi) is 6.59. The van der Waals surface area contributed by atoms with E-state index >= 15 is 0 Å². The lowest BCUT2D eigenvalue weighted by atomic mass is 10.0. The average Bonchev–Trinajstić information content (AvgIpc) is 2.94. The number of carbonyl (C=O) groups is 3. The highest BCUT2D eigenvalue weighted by atomic mass is 32.2. The Morgan fingerprint density at radius 2 is 1.93 bits per heavy atom. The third-order valence-corrected chi connectivity index (χ3v) is 5.10. The second-order valence-electron chi connectivity index (χ2n) is 6.85. The number of imide groups is 1. The Hall–Kier alpha value is -2.80. The second-order valence-corrected chi connectivity index (χ2v) is 7.85. The van der Waals surface area contributed by atoms with Gasteiger partial charge in [-0.25, -0.2) is 0 Å². The van der Waals surface area contributed by atoms with Gasteiger partial charge in [-0.2, -0.15) is 0 Å². The van der Waals surface area contributed by atoms with Crippen LogP contribution in [0.15, 0.2) is 41.3 Å². The summed E-state index contributed by atoms with van der Waals surface area (Å²) in [5.41, 5.74) is 0.742.